The van der Waals surface area contributed by atoms with Crippen LogP contribution >= 0.6 is 0 Å². The summed E-state index contributed by atoms with van der Waals surface area (Å²) in [6.45, 7) is 14.5. The number of nitrogens with zero attached hydrogens (tertiary/aromatic N) is 2. The fourth-order valence-electron chi connectivity index (χ4n) is 3.80. The Bertz CT molecular complexity index is 551. The molecule has 5 heteroatoms. The summed E-state index contributed by atoms with van der Waals surface area (Å²) in [4.78, 5) is 8.99. The van der Waals surface area contributed by atoms with Gasteiger partial charge >= 0.3 is 0 Å². The summed E-state index contributed by atoms with van der Waals surface area (Å²) in [6.07, 6.45) is 6.01. The lowest BCUT2D eigenvalue weighted by Crippen LogP contribution is -2.54. The van der Waals surface area contributed by atoms with Crippen LogP contribution in [0.25, 0.3) is 0 Å². The Hall–Kier alpha value is -1.20. The first-order chi connectivity index (χ1) is 12.1. The van der Waals surface area contributed by atoms with E-state index >= 15 is 0 Å². The highest BCUT2D eigenvalue weighted by atomic mass is 16.5. The first-order valence-electron chi connectivity index (χ1n) is 9.98. The average Bonchev–Trinajstić information content (AvgIpc) is 2.53. The lowest BCUT2D eigenvalue weighted by molar-refractivity contribution is -0.0574. The predicted molar refractivity (Wildman–Crippen MR) is 104 cm³/mol. The molecule has 4 atom stereocenters. The van der Waals surface area contributed by atoms with Crippen molar-refractivity contribution in [2.24, 2.45) is 17.3 Å². The summed E-state index contributed by atoms with van der Waals surface area (Å²) in [5.74, 6) is 2.45. The number of hydrogen-bond acceptors (Lipinski definition) is 4. The number of nitrogens with one attached hydrogen (secondary N) is 1. The van der Waals surface area contributed by atoms with Crippen LogP contribution in [0.1, 0.15) is 79.6 Å². The molecule has 147 valence electrons. The largest absolute Gasteiger partial charge is 0.488 e. The van der Waals surface area contributed by atoms with E-state index in [1.54, 1.807) is 12.4 Å². The SMILES string of the molecule is CC(C)CC1CCC(c2ncc(OC(C)C)cn2)NC1C([O])C(C)(C)C. The molecular formula is C21H36N3O2. The molecule has 1 fully saturated rings. The standard InChI is InChI=1S/C21H36N3O2/c1-13(2)10-15-8-9-17(24-18(15)19(25)21(5,6)7)20-22-11-16(12-23-20)26-14(3)4/h11-15,17-19,24H,8-10H2,1-7H3. The highest BCUT2D eigenvalue weighted by molar-refractivity contribution is 5.14. The molecule has 5 nitrogen and oxygen atoms in total. The van der Waals surface area contributed by atoms with Crippen molar-refractivity contribution < 1.29 is 9.84 Å². The van der Waals surface area contributed by atoms with E-state index in [4.69, 9.17) is 4.74 Å². The summed E-state index contributed by atoms with van der Waals surface area (Å²) < 4.78 is 5.63. The Morgan fingerprint density at radius 1 is 1.15 bits per heavy atom. The third kappa shape index (κ3) is 5.65. The summed E-state index contributed by atoms with van der Waals surface area (Å²) in [7, 11) is 0. The van der Waals surface area contributed by atoms with Crippen LogP contribution < -0.4 is 10.1 Å². The lowest BCUT2D eigenvalue weighted by Gasteiger charge is -2.43. The molecule has 26 heavy (non-hydrogen) atoms. The van der Waals surface area contributed by atoms with Gasteiger partial charge in [-0.25, -0.2) is 15.1 Å². The van der Waals surface area contributed by atoms with Gasteiger partial charge in [0, 0.05) is 6.04 Å². The van der Waals surface area contributed by atoms with Crippen LogP contribution in [-0.2, 0) is 5.11 Å². The molecule has 0 spiro atoms. The van der Waals surface area contributed by atoms with E-state index in [1.165, 1.54) is 0 Å². The zero-order valence-electron chi connectivity index (χ0n) is 17.5. The summed E-state index contributed by atoms with van der Waals surface area (Å²) >= 11 is 0. The van der Waals surface area contributed by atoms with Crippen molar-refractivity contribution in [2.75, 3.05) is 0 Å². The Labute approximate surface area is 159 Å². The molecule has 0 aliphatic carbocycles. The van der Waals surface area contributed by atoms with Crippen molar-refractivity contribution in [1.29, 1.82) is 0 Å². The van der Waals surface area contributed by atoms with Gasteiger partial charge in [0.2, 0.25) is 0 Å². The molecule has 1 aromatic heterocycles. The minimum absolute atomic E-state index is 0.0373. The second-order valence-corrected chi connectivity index (χ2v) is 9.44. The number of rotatable bonds is 6. The quantitative estimate of drug-likeness (QED) is 0.805. The van der Waals surface area contributed by atoms with Gasteiger partial charge in [-0.05, 0) is 50.4 Å². The lowest BCUT2D eigenvalue weighted by atomic mass is 9.73. The zero-order chi connectivity index (χ0) is 19.5. The van der Waals surface area contributed by atoms with E-state index in [0.29, 0.717) is 17.6 Å². The molecule has 0 amide bonds. The Morgan fingerprint density at radius 2 is 1.77 bits per heavy atom. The molecule has 1 N–H and O–H groups in total. The summed E-state index contributed by atoms with van der Waals surface area (Å²) in [5, 5.41) is 16.7. The van der Waals surface area contributed by atoms with Gasteiger partial charge in [-0.3, -0.25) is 0 Å². The molecule has 2 heterocycles. The maximum Gasteiger partial charge on any atom is 0.156 e. The smallest absolute Gasteiger partial charge is 0.156 e. The molecule has 0 bridgehead atoms. The zero-order valence-corrected chi connectivity index (χ0v) is 17.5. The summed E-state index contributed by atoms with van der Waals surface area (Å²) in [6, 6.07) is -0.0124. The van der Waals surface area contributed by atoms with Gasteiger partial charge in [0.25, 0.3) is 0 Å². The van der Waals surface area contributed by atoms with Crippen LogP contribution in [0.5, 0.6) is 5.75 Å². The fraction of sp³-hybridized carbons (Fsp3) is 0.810. The predicted octanol–water partition coefficient (Wildman–Crippen LogP) is 4.56. The van der Waals surface area contributed by atoms with Crippen LogP contribution in [0.3, 0.4) is 0 Å². The minimum Gasteiger partial charge on any atom is -0.488 e. The summed E-state index contributed by atoms with van der Waals surface area (Å²) in [5.41, 5.74) is -0.273. The topological polar surface area (TPSA) is 66.9 Å². The number of ether oxygens (including phenoxy) is 1. The van der Waals surface area contributed by atoms with Crippen LogP contribution in [0.4, 0.5) is 0 Å². The van der Waals surface area contributed by atoms with Crippen LogP contribution in [0.2, 0.25) is 0 Å². The Kier molecular flexibility index (Phi) is 7.03. The Balaban J connectivity index is 2.14. The van der Waals surface area contributed by atoms with Crippen molar-refractivity contribution in [2.45, 2.75) is 92.0 Å². The van der Waals surface area contributed by atoms with Gasteiger partial charge in [-0.2, -0.15) is 0 Å². The van der Waals surface area contributed by atoms with Crippen molar-refractivity contribution in [3.05, 3.63) is 18.2 Å². The molecule has 0 aromatic carbocycles. The van der Waals surface area contributed by atoms with Gasteiger partial charge in [0.15, 0.2) is 5.75 Å². The highest BCUT2D eigenvalue weighted by Gasteiger charge is 2.41. The molecule has 4 unspecified atom stereocenters. The van der Waals surface area contributed by atoms with Crippen LogP contribution in [-0.4, -0.2) is 28.2 Å². The second-order valence-electron chi connectivity index (χ2n) is 9.44. The molecule has 1 radical (unpaired) electrons. The highest BCUT2D eigenvalue weighted by Crippen LogP contribution is 2.37. The van der Waals surface area contributed by atoms with E-state index < -0.39 is 6.10 Å². The van der Waals surface area contributed by atoms with Gasteiger partial charge in [-0.1, -0.05) is 34.6 Å². The molecule has 2 rings (SSSR count). The third-order valence-corrected chi connectivity index (χ3v) is 5.01. The maximum atomic E-state index is 13.1. The molecular weight excluding hydrogens is 326 g/mol. The van der Waals surface area contributed by atoms with E-state index in [-0.39, 0.29) is 23.6 Å². The van der Waals surface area contributed by atoms with Gasteiger partial charge in [-0.15, -0.1) is 0 Å². The molecule has 0 saturated carbocycles. The molecule has 1 aliphatic rings. The normalized spacial score (nSPS) is 25.5. The van der Waals surface area contributed by atoms with E-state index in [1.807, 2.05) is 34.6 Å². The third-order valence-electron chi connectivity index (χ3n) is 5.01. The van der Waals surface area contributed by atoms with E-state index in [9.17, 15) is 5.11 Å². The van der Waals surface area contributed by atoms with E-state index in [0.717, 1.165) is 25.1 Å². The molecule has 1 aromatic rings. The number of aromatic nitrogens is 2. The molecule has 1 aliphatic heterocycles. The monoisotopic (exact) mass is 362 g/mol. The fourth-order valence-corrected chi connectivity index (χ4v) is 3.80. The first kappa shape index (κ1) is 21.1. The van der Waals surface area contributed by atoms with Gasteiger partial charge in [0.05, 0.1) is 24.5 Å². The molecule has 1 saturated heterocycles. The minimum atomic E-state index is -0.655. The van der Waals surface area contributed by atoms with E-state index in [2.05, 4.69) is 29.1 Å². The first-order valence-corrected chi connectivity index (χ1v) is 9.98. The maximum absolute atomic E-state index is 13.1. The van der Waals surface area contributed by atoms with Gasteiger partial charge < -0.3 is 10.1 Å². The van der Waals surface area contributed by atoms with Crippen molar-refractivity contribution >= 4 is 0 Å². The average molecular weight is 363 g/mol. The van der Waals surface area contributed by atoms with Crippen molar-refractivity contribution in [3.8, 4) is 5.75 Å². The Morgan fingerprint density at radius 3 is 2.27 bits per heavy atom. The second kappa shape index (κ2) is 8.66. The van der Waals surface area contributed by atoms with Crippen LogP contribution in [0, 0.1) is 17.3 Å². The number of piperidine rings is 1. The van der Waals surface area contributed by atoms with Crippen molar-refractivity contribution in [3.63, 3.8) is 0 Å². The van der Waals surface area contributed by atoms with Crippen LogP contribution in [0.15, 0.2) is 12.4 Å². The van der Waals surface area contributed by atoms with Crippen molar-refractivity contribution in [1.82, 2.24) is 15.3 Å². The van der Waals surface area contributed by atoms with Gasteiger partial charge in [0.1, 0.15) is 11.9 Å². The number of hydrogen-bond donors (Lipinski definition) is 1.